The second-order valence-corrected chi connectivity index (χ2v) is 6.26. The lowest BCUT2D eigenvalue weighted by Gasteiger charge is -2.13. The summed E-state index contributed by atoms with van der Waals surface area (Å²) in [6.07, 6.45) is 1.89. The van der Waals surface area contributed by atoms with Crippen molar-refractivity contribution in [2.75, 3.05) is 11.9 Å². The van der Waals surface area contributed by atoms with Gasteiger partial charge < -0.3 is 15.2 Å². The van der Waals surface area contributed by atoms with E-state index in [1.54, 1.807) is 18.7 Å². The van der Waals surface area contributed by atoms with Crippen molar-refractivity contribution in [2.45, 2.75) is 19.1 Å². The van der Waals surface area contributed by atoms with Gasteiger partial charge in [-0.1, -0.05) is 11.6 Å². The molecule has 2 aromatic heterocycles. The van der Waals surface area contributed by atoms with Gasteiger partial charge in [-0.25, -0.2) is 14.5 Å². The molecule has 2 heterocycles. The fourth-order valence-electron chi connectivity index (χ4n) is 2.54. The van der Waals surface area contributed by atoms with Gasteiger partial charge in [0, 0.05) is 30.5 Å². The quantitative estimate of drug-likeness (QED) is 0.602. The van der Waals surface area contributed by atoms with Gasteiger partial charge in [0.25, 0.3) is 0 Å². The highest BCUT2D eigenvalue weighted by Gasteiger charge is 2.39. The number of anilines is 1. The Morgan fingerprint density at radius 1 is 1.21 bits per heavy atom. The van der Waals surface area contributed by atoms with Crippen LogP contribution in [0.1, 0.15) is 12.1 Å². The number of hydrogen-bond donors (Lipinski definition) is 2. The van der Waals surface area contributed by atoms with Crippen LogP contribution < -0.4 is 10.6 Å². The number of amides is 2. The molecule has 0 aliphatic carbocycles. The van der Waals surface area contributed by atoms with Gasteiger partial charge in [-0.05, 0) is 30.7 Å². The molecule has 7 nitrogen and oxygen atoms in total. The van der Waals surface area contributed by atoms with Gasteiger partial charge in [0.15, 0.2) is 5.69 Å². The number of aromatic nitrogens is 4. The van der Waals surface area contributed by atoms with Crippen LogP contribution in [0.15, 0.2) is 49.2 Å². The van der Waals surface area contributed by atoms with Crippen LogP contribution in [0.2, 0.25) is 5.02 Å². The first-order valence-electron chi connectivity index (χ1n) is 8.26. The molecular formula is C17H16ClF3N6O. The number of urea groups is 1. The number of nitrogens with zero attached hydrogens (tertiary/aromatic N) is 4. The molecule has 0 bridgehead atoms. The Balaban J connectivity index is 1.67. The van der Waals surface area contributed by atoms with E-state index in [-0.39, 0.29) is 12.2 Å². The van der Waals surface area contributed by atoms with Crippen LogP contribution in [0.3, 0.4) is 0 Å². The zero-order chi connectivity index (χ0) is 20.1. The molecule has 1 aromatic carbocycles. The lowest BCUT2D eigenvalue weighted by molar-refractivity contribution is -0.142. The van der Waals surface area contributed by atoms with E-state index in [1.807, 2.05) is 4.57 Å². The Morgan fingerprint density at radius 3 is 2.61 bits per heavy atom. The number of imidazole rings is 1. The first kappa shape index (κ1) is 19.7. The molecule has 148 valence electrons. The van der Waals surface area contributed by atoms with Gasteiger partial charge in [0.1, 0.15) is 0 Å². The maximum atomic E-state index is 13.6. The summed E-state index contributed by atoms with van der Waals surface area (Å²) in [7, 11) is 0. The highest BCUT2D eigenvalue weighted by Crippen LogP contribution is 2.36. The third-order valence-electron chi connectivity index (χ3n) is 3.79. The molecule has 0 unspecified atom stereocenters. The Bertz CT molecular complexity index is 922. The van der Waals surface area contributed by atoms with Gasteiger partial charge in [-0.15, -0.1) is 0 Å². The van der Waals surface area contributed by atoms with Crippen molar-refractivity contribution >= 4 is 23.3 Å². The maximum Gasteiger partial charge on any atom is 0.435 e. The molecule has 0 spiro atoms. The number of nitrogens with one attached hydrogen (secondary N) is 2. The number of halogens is 4. The largest absolute Gasteiger partial charge is 0.435 e. The Labute approximate surface area is 163 Å². The smallest absolute Gasteiger partial charge is 0.338 e. The number of carbonyl (C=O) groups excluding carboxylic acids is 1. The number of alkyl halides is 3. The first-order chi connectivity index (χ1) is 13.3. The van der Waals surface area contributed by atoms with Crippen molar-refractivity contribution in [3.05, 3.63) is 59.9 Å². The van der Waals surface area contributed by atoms with Crippen molar-refractivity contribution in [3.8, 4) is 5.69 Å². The molecule has 2 amide bonds. The number of benzene rings is 1. The van der Waals surface area contributed by atoms with Crippen molar-refractivity contribution in [3.63, 3.8) is 0 Å². The summed E-state index contributed by atoms with van der Waals surface area (Å²) in [5.74, 6) is 0. The average Bonchev–Trinajstić information content (AvgIpc) is 3.29. The van der Waals surface area contributed by atoms with Crippen LogP contribution in [0, 0.1) is 0 Å². The van der Waals surface area contributed by atoms with Crippen LogP contribution >= 0.6 is 11.6 Å². The summed E-state index contributed by atoms with van der Waals surface area (Å²) < 4.78 is 43.2. The molecule has 11 heteroatoms. The van der Waals surface area contributed by atoms with E-state index in [0.717, 1.165) is 6.20 Å². The van der Waals surface area contributed by atoms with Crippen LogP contribution in [0.25, 0.3) is 5.69 Å². The second-order valence-electron chi connectivity index (χ2n) is 5.83. The zero-order valence-electron chi connectivity index (χ0n) is 14.4. The minimum Gasteiger partial charge on any atom is -0.338 e. The van der Waals surface area contributed by atoms with E-state index in [4.69, 9.17) is 11.6 Å². The standard InChI is InChI=1S/C17H16ClF3N6O/c18-12-2-4-13(5-3-12)27-15(17(19,20)21)14(10-24-27)25-16(28)23-6-1-8-26-9-7-22-11-26/h2-5,7,9-11H,1,6,8H2,(H2,23,25,28). The fraction of sp³-hybridized carbons (Fsp3) is 0.235. The summed E-state index contributed by atoms with van der Waals surface area (Å²) >= 11 is 5.77. The molecule has 3 aromatic rings. The molecule has 0 radical (unpaired) electrons. The van der Waals surface area contributed by atoms with Gasteiger partial charge in [0.2, 0.25) is 0 Å². The summed E-state index contributed by atoms with van der Waals surface area (Å²) in [4.78, 5) is 15.9. The van der Waals surface area contributed by atoms with Gasteiger partial charge >= 0.3 is 12.2 Å². The summed E-state index contributed by atoms with van der Waals surface area (Å²) in [6, 6.07) is 4.99. The monoisotopic (exact) mass is 412 g/mol. The third kappa shape index (κ3) is 4.83. The van der Waals surface area contributed by atoms with Crippen molar-refractivity contribution in [1.29, 1.82) is 0 Å². The Morgan fingerprint density at radius 2 is 1.96 bits per heavy atom. The van der Waals surface area contributed by atoms with E-state index in [0.29, 0.717) is 22.7 Å². The normalized spacial score (nSPS) is 11.4. The van der Waals surface area contributed by atoms with Gasteiger partial charge in [-0.3, -0.25) is 0 Å². The summed E-state index contributed by atoms with van der Waals surface area (Å²) in [6.45, 7) is 0.916. The number of carbonyl (C=O) groups is 1. The van der Waals surface area contributed by atoms with Crippen LogP contribution in [-0.4, -0.2) is 31.9 Å². The number of rotatable bonds is 6. The Hall–Kier alpha value is -3.01. The lowest BCUT2D eigenvalue weighted by Crippen LogP contribution is -2.31. The molecule has 2 N–H and O–H groups in total. The first-order valence-corrected chi connectivity index (χ1v) is 8.64. The Kier molecular flexibility index (Phi) is 5.88. The van der Waals surface area contributed by atoms with E-state index < -0.39 is 23.6 Å². The van der Waals surface area contributed by atoms with Gasteiger partial charge in [0.05, 0.1) is 23.9 Å². The molecule has 0 fully saturated rings. The van der Waals surface area contributed by atoms with E-state index in [9.17, 15) is 18.0 Å². The summed E-state index contributed by atoms with van der Waals surface area (Å²) in [5, 5.41) is 8.89. The molecule has 3 rings (SSSR count). The van der Waals surface area contributed by atoms with Crippen LogP contribution in [0.5, 0.6) is 0 Å². The topological polar surface area (TPSA) is 76.8 Å². The second kappa shape index (κ2) is 8.34. The van der Waals surface area contributed by atoms with Crippen LogP contribution in [-0.2, 0) is 12.7 Å². The molecular weight excluding hydrogens is 397 g/mol. The van der Waals surface area contributed by atoms with E-state index in [2.05, 4.69) is 20.7 Å². The highest BCUT2D eigenvalue weighted by molar-refractivity contribution is 6.30. The highest BCUT2D eigenvalue weighted by atomic mass is 35.5. The molecule has 0 aliphatic heterocycles. The van der Waals surface area contributed by atoms with Crippen LogP contribution in [0.4, 0.5) is 23.7 Å². The lowest BCUT2D eigenvalue weighted by atomic mass is 10.3. The number of hydrogen-bond acceptors (Lipinski definition) is 3. The third-order valence-corrected chi connectivity index (χ3v) is 4.05. The van der Waals surface area contributed by atoms with Crippen molar-refractivity contribution in [2.24, 2.45) is 0 Å². The molecule has 0 saturated heterocycles. The predicted molar refractivity (Wildman–Crippen MR) is 97.4 cm³/mol. The molecule has 0 saturated carbocycles. The molecule has 28 heavy (non-hydrogen) atoms. The maximum absolute atomic E-state index is 13.6. The SMILES string of the molecule is O=C(NCCCn1ccnc1)Nc1cnn(-c2ccc(Cl)cc2)c1C(F)(F)F. The molecule has 0 atom stereocenters. The van der Waals surface area contributed by atoms with E-state index in [1.165, 1.54) is 24.3 Å². The molecule has 0 aliphatic rings. The van der Waals surface area contributed by atoms with Gasteiger partial charge in [-0.2, -0.15) is 18.3 Å². The summed E-state index contributed by atoms with van der Waals surface area (Å²) in [5.41, 5.74) is -1.34. The predicted octanol–water partition coefficient (Wildman–Crippen LogP) is 3.95. The fourth-order valence-corrected chi connectivity index (χ4v) is 2.67. The minimum atomic E-state index is -4.72. The van der Waals surface area contributed by atoms with Crippen molar-refractivity contribution < 1.29 is 18.0 Å². The number of aryl methyl sites for hydroxylation is 1. The average molecular weight is 413 g/mol. The van der Waals surface area contributed by atoms with Crippen molar-refractivity contribution in [1.82, 2.24) is 24.6 Å². The minimum absolute atomic E-state index is 0.172. The van der Waals surface area contributed by atoms with E-state index >= 15 is 0 Å². The zero-order valence-corrected chi connectivity index (χ0v) is 15.2.